The van der Waals surface area contributed by atoms with E-state index in [-0.39, 0.29) is 36.2 Å². The zero-order valence-electron chi connectivity index (χ0n) is 17.2. The van der Waals surface area contributed by atoms with Crippen molar-refractivity contribution < 1.29 is 22.7 Å². The molecule has 11 heteroatoms. The van der Waals surface area contributed by atoms with Gasteiger partial charge in [-0.1, -0.05) is 23.2 Å². The molecule has 2 saturated heterocycles. The molecule has 1 atom stereocenters. The fourth-order valence-corrected chi connectivity index (χ4v) is 5.93. The van der Waals surface area contributed by atoms with E-state index >= 15 is 0 Å². The fourth-order valence-electron chi connectivity index (χ4n) is 3.99. The molecule has 0 aliphatic carbocycles. The van der Waals surface area contributed by atoms with Crippen LogP contribution in [0.25, 0.3) is 0 Å². The van der Waals surface area contributed by atoms with Gasteiger partial charge in [-0.15, -0.1) is 0 Å². The first kappa shape index (κ1) is 23.0. The predicted octanol–water partition coefficient (Wildman–Crippen LogP) is 2.64. The third kappa shape index (κ3) is 4.35. The Balaban J connectivity index is 1.45. The van der Waals surface area contributed by atoms with Crippen molar-refractivity contribution in [3.63, 3.8) is 0 Å². The molecule has 2 aliphatic heterocycles. The Morgan fingerprint density at radius 2 is 1.53 bits per heavy atom. The number of imide groups is 1. The van der Waals surface area contributed by atoms with Crippen LogP contribution in [-0.2, 0) is 19.6 Å². The molecule has 0 bridgehead atoms. The molecule has 2 aliphatic rings. The lowest BCUT2D eigenvalue weighted by atomic mass is 10.2. The molecule has 4 rings (SSSR count). The van der Waals surface area contributed by atoms with Gasteiger partial charge in [0.25, 0.3) is 5.91 Å². The lowest BCUT2D eigenvalue weighted by molar-refractivity contribution is -0.123. The Kier molecular flexibility index (Phi) is 6.46. The largest absolute Gasteiger partial charge is 0.497 e. The summed E-state index contributed by atoms with van der Waals surface area (Å²) in [6.07, 6.45) is 0.0220. The zero-order valence-corrected chi connectivity index (χ0v) is 19.5. The summed E-state index contributed by atoms with van der Waals surface area (Å²) in [5.74, 6) is -0.130. The van der Waals surface area contributed by atoms with Gasteiger partial charge in [-0.05, 0) is 42.5 Å². The second-order valence-corrected chi connectivity index (χ2v) is 10.3. The van der Waals surface area contributed by atoms with Crippen LogP contribution in [0.1, 0.15) is 6.42 Å². The number of benzene rings is 2. The predicted molar refractivity (Wildman–Crippen MR) is 121 cm³/mol. The van der Waals surface area contributed by atoms with Gasteiger partial charge in [-0.2, -0.15) is 4.31 Å². The number of anilines is 1. The Hall–Kier alpha value is -2.17. The molecule has 2 amide bonds. The number of sulfonamides is 1. The normalized spacial score (nSPS) is 20.7. The van der Waals surface area contributed by atoms with E-state index in [1.165, 1.54) is 41.7 Å². The van der Waals surface area contributed by atoms with Gasteiger partial charge in [-0.25, -0.2) is 13.3 Å². The molecule has 8 nitrogen and oxygen atoms in total. The molecule has 170 valence electrons. The van der Waals surface area contributed by atoms with E-state index in [4.69, 9.17) is 27.9 Å². The minimum absolute atomic E-state index is 0.0220. The molecule has 2 heterocycles. The Bertz CT molecular complexity index is 1130. The second-order valence-electron chi connectivity index (χ2n) is 7.53. The van der Waals surface area contributed by atoms with Gasteiger partial charge in [0, 0.05) is 36.2 Å². The summed E-state index contributed by atoms with van der Waals surface area (Å²) in [5, 5.41) is 0.655. The maximum absolute atomic E-state index is 13.0. The maximum Gasteiger partial charge on any atom is 0.251 e. The highest BCUT2D eigenvalue weighted by Gasteiger charge is 2.44. The van der Waals surface area contributed by atoms with Crippen LogP contribution in [0.3, 0.4) is 0 Å². The molecule has 0 spiro atoms. The van der Waals surface area contributed by atoms with Crippen LogP contribution in [-0.4, -0.2) is 68.8 Å². The summed E-state index contributed by atoms with van der Waals surface area (Å²) >= 11 is 12.0. The number of rotatable bonds is 5. The SMILES string of the molecule is COc1ccc(S(=O)(=O)N2CCN([C@@H]3CC(=O)N(c4cc(Cl)cc(Cl)c4)C3=O)CC2)cc1. The monoisotopic (exact) mass is 497 g/mol. The molecule has 0 radical (unpaired) electrons. The molecule has 0 saturated carbocycles. The third-order valence-corrected chi connectivity index (χ3v) is 7.99. The molecule has 2 aromatic carbocycles. The van der Waals surface area contributed by atoms with Crippen molar-refractivity contribution in [3.8, 4) is 5.75 Å². The summed E-state index contributed by atoms with van der Waals surface area (Å²) in [4.78, 5) is 28.8. The van der Waals surface area contributed by atoms with Crippen LogP contribution in [0.15, 0.2) is 47.4 Å². The van der Waals surface area contributed by atoms with Crippen molar-refractivity contribution in [2.45, 2.75) is 17.4 Å². The van der Waals surface area contributed by atoms with E-state index in [2.05, 4.69) is 0 Å². The van der Waals surface area contributed by atoms with E-state index in [1.54, 1.807) is 12.1 Å². The number of methoxy groups -OCH3 is 1. The Morgan fingerprint density at radius 1 is 0.938 bits per heavy atom. The number of hydrogen-bond donors (Lipinski definition) is 0. The first-order valence-electron chi connectivity index (χ1n) is 9.92. The minimum Gasteiger partial charge on any atom is -0.497 e. The first-order valence-corrected chi connectivity index (χ1v) is 12.1. The summed E-state index contributed by atoms with van der Waals surface area (Å²) in [5.41, 5.74) is 0.334. The average Bonchev–Trinajstić information content (AvgIpc) is 3.07. The fraction of sp³-hybridized carbons (Fsp3) is 0.333. The van der Waals surface area contributed by atoms with E-state index < -0.39 is 16.1 Å². The molecule has 2 aromatic rings. The van der Waals surface area contributed by atoms with Crippen molar-refractivity contribution in [1.82, 2.24) is 9.21 Å². The standard InChI is InChI=1S/C21H21Cl2N3O5S/c1-31-17-2-4-18(5-3-17)32(29,30)25-8-6-24(7-9-25)19-13-20(27)26(21(19)28)16-11-14(22)10-15(23)12-16/h2-5,10-12,19H,6-9,13H2,1H3/t19-/m1/s1. The maximum atomic E-state index is 13.0. The van der Waals surface area contributed by atoms with Crippen molar-refractivity contribution in [2.24, 2.45) is 0 Å². The van der Waals surface area contributed by atoms with Gasteiger partial charge in [0.05, 0.1) is 30.2 Å². The summed E-state index contributed by atoms with van der Waals surface area (Å²) in [7, 11) is -2.15. The van der Waals surface area contributed by atoms with Gasteiger partial charge < -0.3 is 4.74 Å². The van der Waals surface area contributed by atoms with Crippen LogP contribution >= 0.6 is 23.2 Å². The highest BCUT2D eigenvalue weighted by atomic mass is 35.5. The van der Waals surface area contributed by atoms with Gasteiger partial charge in [0.1, 0.15) is 5.75 Å². The second kappa shape index (κ2) is 8.99. The molecule has 0 aromatic heterocycles. The molecular formula is C21H21Cl2N3O5S. The van der Waals surface area contributed by atoms with Gasteiger partial charge in [-0.3, -0.25) is 14.5 Å². The molecule has 0 N–H and O–H groups in total. The number of piperazine rings is 1. The number of carbonyl (C=O) groups is 2. The van der Waals surface area contributed by atoms with E-state index in [0.717, 1.165) is 4.90 Å². The smallest absolute Gasteiger partial charge is 0.251 e. The van der Waals surface area contributed by atoms with Crippen LogP contribution in [0.2, 0.25) is 10.0 Å². The van der Waals surface area contributed by atoms with Gasteiger partial charge in [0.2, 0.25) is 15.9 Å². The highest BCUT2D eigenvalue weighted by Crippen LogP contribution is 2.31. The van der Waals surface area contributed by atoms with E-state index in [0.29, 0.717) is 34.6 Å². The number of halogens is 2. The van der Waals surface area contributed by atoms with E-state index in [1.807, 2.05) is 4.90 Å². The Morgan fingerprint density at radius 3 is 2.09 bits per heavy atom. The van der Waals surface area contributed by atoms with Crippen LogP contribution in [0.4, 0.5) is 5.69 Å². The zero-order chi connectivity index (χ0) is 23.0. The molecule has 0 unspecified atom stereocenters. The Labute approximate surface area is 196 Å². The summed E-state index contributed by atoms with van der Waals surface area (Å²) in [6.45, 7) is 1.11. The highest BCUT2D eigenvalue weighted by molar-refractivity contribution is 7.89. The molecular weight excluding hydrogens is 477 g/mol. The molecule has 2 fully saturated rings. The van der Waals surface area contributed by atoms with Crippen molar-refractivity contribution in [2.75, 3.05) is 38.2 Å². The van der Waals surface area contributed by atoms with E-state index in [9.17, 15) is 18.0 Å². The number of amides is 2. The quantitative estimate of drug-likeness (QED) is 0.590. The number of hydrogen-bond acceptors (Lipinski definition) is 6. The summed E-state index contributed by atoms with van der Waals surface area (Å²) in [6, 6.07) is 10.1. The first-order chi connectivity index (χ1) is 15.2. The van der Waals surface area contributed by atoms with Crippen molar-refractivity contribution in [1.29, 1.82) is 0 Å². The number of nitrogens with zero attached hydrogens (tertiary/aromatic N) is 3. The lowest BCUT2D eigenvalue weighted by Gasteiger charge is -2.36. The average molecular weight is 498 g/mol. The van der Waals surface area contributed by atoms with Crippen molar-refractivity contribution in [3.05, 3.63) is 52.5 Å². The minimum atomic E-state index is -3.66. The lowest BCUT2D eigenvalue weighted by Crippen LogP contribution is -2.53. The van der Waals surface area contributed by atoms with Gasteiger partial charge in [0.15, 0.2) is 0 Å². The summed E-state index contributed by atoms with van der Waals surface area (Å²) < 4.78 is 32.4. The molecule has 32 heavy (non-hydrogen) atoms. The third-order valence-electron chi connectivity index (χ3n) is 5.64. The van der Waals surface area contributed by atoms with Gasteiger partial charge >= 0.3 is 0 Å². The number of ether oxygens (including phenoxy) is 1. The number of carbonyl (C=O) groups excluding carboxylic acids is 2. The topological polar surface area (TPSA) is 87.2 Å². The van der Waals surface area contributed by atoms with Crippen molar-refractivity contribution >= 4 is 50.7 Å². The van der Waals surface area contributed by atoms with Crippen LogP contribution in [0.5, 0.6) is 5.75 Å². The van der Waals surface area contributed by atoms with Crippen LogP contribution in [0, 0.1) is 0 Å². The van der Waals surface area contributed by atoms with Crippen LogP contribution < -0.4 is 9.64 Å².